The van der Waals surface area contributed by atoms with E-state index < -0.39 is 10.8 Å². The van der Waals surface area contributed by atoms with Crippen molar-refractivity contribution in [1.29, 1.82) is 5.26 Å². The molecule has 0 bridgehead atoms. The molecule has 0 aromatic heterocycles. The van der Waals surface area contributed by atoms with Crippen molar-refractivity contribution in [2.24, 2.45) is 50.2 Å². The van der Waals surface area contributed by atoms with Gasteiger partial charge >= 0.3 is 0 Å². The highest BCUT2D eigenvalue weighted by Crippen LogP contribution is 2.74. The maximum atomic E-state index is 14.4. The number of allylic oxidation sites excluding steroid dienone is 6. The summed E-state index contributed by atoms with van der Waals surface area (Å²) in [5, 5.41) is 9.87. The van der Waals surface area contributed by atoms with Crippen molar-refractivity contribution in [3.05, 3.63) is 35.5 Å². The first kappa shape index (κ1) is 25.7. The molecule has 0 amide bonds. The average Bonchev–Trinajstić information content (AvgIpc) is 2.79. The Bertz CT molecular complexity index is 1160. The zero-order chi connectivity index (χ0) is 26.5. The Hall–Kier alpha value is -1.95. The maximum Gasteiger partial charge on any atom is 0.178 e. The van der Waals surface area contributed by atoms with E-state index >= 15 is 0 Å². The SMILES string of the molecule is C/C=C/C12CCC(C)(C)CC1C1C(=O)C=C3[C@@]4(C)C=C(C#N)C(=O)C(C)(C)[C@@H]4CC[C@@]3(C)[C@]1(C)CC2. The first-order chi connectivity index (χ1) is 16.6. The topological polar surface area (TPSA) is 57.9 Å². The van der Waals surface area contributed by atoms with Crippen molar-refractivity contribution < 1.29 is 9.59 Å². The van der Waals surface area contributed by atoms with Crippen LogP contribution in [0.5, 0.6) is 0 Å². The summed E-state index contributed by atoms with van der Waals surface area (Å²) < 4.78 is 0. The van der Waals surface area contributed by atoms with Gasteiger partial charge < -0.3 is 0 Å². The van der Waals surface area contributed by atoms with Gasteiger partial charge in [-0.2, -0.15) is 5.26 Å². The largest absolute Gasteiger partial charge is 0.295 e. The molecule has 7 atom stereocenters. The summed E-state index contributed by atoms with van der Waals surface area (Å²) in [5.41, 5.74) is 0.513. The molecular formula is C33H45NO2. The van der Waals surface area contributed by atoms with Crippen LogP contribution in [0.1, 0.15) is 100 Å². The summed E-state index contributed by atoms with van der Waals surface area (Å²) in [6.07, 6.45) is 16.3. The molecule has 5 aliphatic rings. The van der Waals surface area contributed by atoms with Crippen LogP contribution in [-0.4, -0.2) is 11.6 Å². The zero-order valence-electron chi connectivity index (χ0n) is 23.8. The molecule has 0 saturated heterocycles. The highest BCUT2D eigenvalue weighted by atomic mass is 16.1. The van der Waals surface area contributed by atoms with Crippen LogP contribution in [0.4, 0.5) is 0 Å². The fraction of sp³-hybridized carbons (Fsp3) is 0.727. The number of nitrogens with zero attached hydrogens (tertiary/aromatic N) is 1. The van der Waals surface area contributed by atoms with Crippen molar-refractivity contribution in [2.75, 3.05) is 0 Å². The van der Waals surface area contributed by atoms with Gasteiger partial charge in [0, 0.05) is 16.7 Å². The minimum absolute atomic E-state index is 0.0218. The number of ketones is 2. The molecule has 5 rings (SSSR count). The van der Waals surface area contributed by atoms with Gasteiger partial charge in [0.1, 0.15) is 6.07 Å². The second kappa shape index (κ2) is 7.55. The molecule has 0 heterocycles. The van der Waals surface area contributed by atoms with Gasteiger partial charge in [0.15, 0.2) is 11.6 Å². The standard InChI is InChI=1S/C33H45NO2/c1-9-11-33-15-13-28(2,3)19-22(33)26-23(35)17-25-30(6)18-21(20-34)27(36)29(4,5)24(30)10-12-31(25,7)32(26,8)14-16-33/h9,11,17-18,22,24,26H,10,12-16,19H2,1-8H3/b11-9+/t22?,24-,26?,30-,31+,32+,33?/m0/s1. The summed E-state index contributed by atoms with van der Waals surface area (Å²) in [6.45, 7) is 18.0. The molecular weight excluding hydrogens is 442 g/mol. The highest BCUT2D eigenvalue weighted by Gasteiger charge is 2.69. The Balaban J connectivity index is 1.70. The van der Waals surface area contributed by atoms with E-state index in [2.05, 4.69) is 59.8 Å². The molecule has 3 nitrogen and oxygen atoms in total. The second-order valence-corrected chi connectivity index (χ2v) is 15.0. The zero-order valence-corrected chi connectivity index (χ0v) is 23.8. The van der Waals surface area contributed by atoms with Crippen LogP contribution in [0.2, 0.25) is 0 Å². The van der Waals surface area contributed by atoms with Gasteiger partial charge in [0.25, 0.3) is 0 Å². The quantitative estimate of drug-likeness (QED) is 0.355. The summed E-state index contributed by atoms with van der Waals surface area (Å²) in [6, 6.07) is 2.21. The van der Waals surface area contributed by atoms with Crippen molar-refractivity contribution in [2.45, 2.75) is 100 Å². The fourth-order valence-corrected chi connectivity index (χ4v) is 10.3. The lowest BCUT2D eigenvalue weighted by Crippen LogP contribution is -2.64. The molecule has 0 spiro atoms. The van der Waals surface area contributed by atoms with Gasteiger partial charge in [0.2, 0.25) is 0 Å². The van der Waals surface area contributed by atoms with Crippen molar-refractivity contribution in [1.82, 2.24) is 0 Å². The van der Waals surface area contributed by atoms with Crippen molar-refractivity contribution >= 4 is 11.6 Å². The number of fused-ring (bicyclic) bond motifs is 7. The molecule has 36 heavy (non-hydrogen) atoms. The summed E-state index contributed by atoms with van der Waals surface area (Å²) in [5.74, 6) is 0.735. The smallest absolute Gasteiger partial charge is 0.178 e. The van der Waals surface area contributed by atoms with E-state index in [0.717, 1.165) is 32.1 Å². The number of carbonyl (C=O) groups is 2. The molecule has 3 fully saturated rings. The summed E-state index contributed by atoms with van der Waals surface area (Å²) >= 11 is 0. The number of Topliss-reactive ketones (excluding diaryl/α,β-unsaturated/α-hetero) is 1. The van der Waals surface area contributed by atoms with Crippen LogP contribution in [0.3, 0.4) is 0 Å². The first-order valence-corrected chi connectivity index (χ1v) is 14.2. The minimum atomic E-state index is -0.613. The Morgan fingerprint density at radius 2 is 1.64 bits per heavy atom. The fourth-order valence-electron chi connectivity index (χ4n) is 10.3. The Morgan fingerprint density at radius 1 is 0.972 bits per heavy atom. The van der Waals surface area contributed by atoms with Crippen LogP contribution in [0, 0.1) is 61.6 Å². The average molecular weight is 488 g/mol. The number of nitriles is 1. The molecule has 0 radical (unpaired) electrons. The predicted molar refractivity (Wildman–Crippen MR) is 144 cm³/mol. The lowest BCUT2D eigenvalue weighted by molar-refractivity contribution is -0.164. The van der Waals surface area contributed by atoms with E-state index in [4.69, 9.17) is 0 Å². The van der Waals surface area contributed by atoms with E-state index in [0.29, 0.717) is 11.7 Å². The van der Waals surface area contributed by atoms with E-state index in [9.17, 15) is 14.9 Å². The molecule has 0 aliphatic heterocycles. The number of carbonyl (C=O) groups excluding carboxylic acids is 2. The normalized spacial score (nSPS) is 47.0. The third-order valence-corrected chi connectivity index (χ3v) is 12.4. The number of hydrogen-bond donors (Lipinski definition) is 0. The molecule has 3 saturated carbocycles. The minimum Gasteiger partial charge on any atom is -0.295 e. The summed E-state index contributed by atoms with van der Waals surface area (Å²) in [4.78, 5) is 27.6. The van der Waals surface area contributed by atoms with E-state index in [-0.39, 0.29) is 44.9 Å². The van der Waals surface area contributed by atoms with Crippen LogP contribution in [-0.2, 0) is 9.59 Å². The van der Waals surface area contributed by atoms with Crippen LogP contribution < -0.4 is 0 Å². The highest BCUT2D eigenvalue weighted by molar-refractivity contribution is 6.04. The Labute approximate surface area is 218 Å². The lowest BCUT2D eigenvalue weighted by Gasteiger charge is -2.69. The van der Waals surface area contributed by atoms with E-state index in [1.54, 1.807) is 0 Å². The first-order valence-electron chi connectivity index (χ1n) is 14.2. The predicted octanol–water partition coefficient (Wildman–Crippen LogP) is 7.78. The Kier molecular flexibility index (Phi) is 5.39. The third kappa shape index (κ3) is 3.03. The Morgan fingerprint density at radius 3 is 2.28 bits per heavy atom. The molecule has 5 aliphatic carbocycles. The maximum absolute atomic E-state index is 14.4. The van der Waals surface area contributed by atoms with E-state index in [1.807, 2.05) is 26.0 Å². The molecule has 3 unspecified atom stereocenters. The van der Waals surface area contributed by atoms with Gasteiger partial charge in [-0.15, -0.1) is 0 Å². The van der Waals surface area contributed by atoms with Gasteiger partial charge in [-0.1, -0.05) is 72.3 Å². The molecule has 194 valence electrons. The van der Waals surface area contributed by atoms with Gasteiger partial charge in [-0.3, -0.25) is 9.59 Å². The van der Waals surface area contributed by atoms with Crippen LogP contribution >= 0.6 is 0 Å². The van der Waals surface area contributed by atoms with E-state index in [1.165, 1.54) is 18.4 Å². The van der Waals surface area contributed by atoms with Gasteiger partial charge in [-0.05, 0) is 91.4 Å². The molecule has 3 heteroatoms. The third-order valence-electron chi connectivity index (χ3n) is 12.4. The molecule has 0 aromatic carbocycles. The van der Waals surface area contributed by atoms with Gasteiger partial charge in [0.05, 0.1) is 5.57 Å². The number of rotatable bonds is 1. The van der Waals surface area contributed by atoms with Crippen molar-refractivity contribution in [3.63, 3.8) is 0 Å². The lowest BCUT2D eigenvalue weighted by atomic mass is 9.34. The van der Waals surface area contributed by atoms with Crippen LogP contribution in [0.25, 0.3) is 0 Å². The monoisotopic (exact) mass is 487 g/mol. The molecule has 0 N–H and O–H groups in total. The summed E-state index contributed by atoms with van der Waals surface area (Å²) in [7, 11) is 0. The number of hydrogen-bond acceptors (Lipinski definition) is 3. The molecule has 0 aromatic rings. The van der Waals surface area contributed by atoms with Crippen LogP contribution in [0.15, 0.2) is 35.5 Å². The van der Waals surface area contributed by atoms with Crippen molar-refractivity contribution in [3.8, 4) is 6.07 Å². The van der Waals surface area contributed by atoms with Gasteiger partial charge in [-0.25, -0.2) is 0 Å². The second-order valence-electron chi connectivity index (χ2n) is 15.0.